The summed E-state index contributed by atoms with van der Waals surface area (Å²) in [5.41, 5.74) is 0.161. The maximum Gasteiger partial charge on any atom is 0.283 e. The molecule has 0 spiro atoms. The summed E-state index contributed by atoms with van der Waals surface area (Å²) in [5, 5.41) is 7.83. The lowest BCUT2D eigenvalue weighted by Gasteiger charge is -2.14. The summed E-state index contributed by atoms with van der Waals surface area (Å²) < 4.78 is 72.9. The SMILES string of the molecule is CCS(=O)(=O)Nc1cnc(Oc2ccc(F)cc2F)c(-c2cn(C)c(=O)c3cc(-c4nnc(C)o4)oc23)c1. The number of furan rings is 1. The van der Waals surface area contributed by atoms with Crippen LogP contribution in [0.3, 0.4) is 0 Å². The molecule has 5 rings (SSSR count). The van der Waals surface area contributed by atoms with Crippen LogP contribution in [0.25, 0.3) is 33.7 Å². The first kappa shape index (κ1) is 25.1. The quantitative estimate of drug-likeness (QED) is 0.316. The average Bonchev–Trinajstić information content (AvgIpc) is 3.51. The summed E-state index contributed by atoms with van der Waals surface area (Å²) in [4.78, 5) is 17.1. The highest BCUT2D eigenvalue weighted by Crippen LogP contribution is 2.39. The second kappa shape index (κ2) is 9.37. The van der Waals surface area contributed by atoms with E-state index in [0.717, 1.165) is 12.1 Å². The van der Waals surface area contributed by atoms with E-state index in [1.54, 1.807) is 6.92 Å². The third-order valence-corrected chi connectivity index (χ3v) is 6.79. The summed E-state index contributed by atoms with van der Waals surface area (Å²) in [5.74, 6) is -2.03. The molecule has 0 bridgehead atoms. The second-order valence-corrected chi connectivity index (χ2v) is 10.2. The first-order valence-electron chi connectivity index (χ1n) is 11.1. The van der Waals surface area contributed by atoms with Gasteiger partial charge in [-0.1, -0.05) is 0 Å². The van der Waals surface area contributed by atoms with Crippen LogP contribution in [0.15, 0.2) is 56.4 Å². The molecular weight excluding hydrogens is 524 g/mol. The molecule has 4 heterocycles. The van der Waals surface area contributed by atoms with Gasteiger partial charge in [0.25, 0.3) is 11.4 Å². The van der Waals surface area contributed by atoms with Gasteiger partial charge in [-0.05, 0) is 25.1 Å². The standard InChI is InChI=1S/C24H19F2N5O6S/c1-4-38(33,34)30-14-8-15(22(27-10-14)37-19-6-5-13(25)7-18(19)26)17-11-31(3)24(32)16-9-20(36-21(16)17)23-29-28-12(2)35-23/h5-11,30H,4H2,1-3H3. The number of hydrogen-bond acceptors (Lipinski definition) is 9. The first-order valence-corrected chi connectivity index (χ1v) is 12.8. The zero-order chi connectivity index (χ0) is 27.2. The lowest BCUT2D eigenvalue weighted by Crippen LogP contribution is -2.16. The zero-order valence-electron chi connectivity index (χ0n) is 20.2. The van der Waals surface area contributed by atoms with Gasteiger partial charge in [0.1, 0.15) is 11.4 Å². The Labute approximate surface area is 213 Å². The van der Waals surface area contributed by atoms with Gasteiger partial charge in [0, 0.05) is 37.9 Å². The molecule has 38 heavy (non-hydrogen) atoms. The van der Waals surface area contributed by atoms with Gasteiger partial charge in [0.2, 0.25) is 21.8 Å². The highest BCUT2D eigenvalue weighted by Gasteiger charge is 2.23. The van der Waals surface area contributed by atoms with Crippen molar-refractivity contribution in [3.05, 3.63) is 70.6 Å². The second-order valence-electron chi connectivity index (χ2n) is 8.20. The number of fused-ring (bicyclic) bond motifs is 1. The van der Waals surface area contributed by atoms with E-state index < -0.39 is 27.2 Å². The van der Waals surface area contributed by atoms with E-state index in [1.165, 1.54) is 43.1 Å². The van der Waals surface area contributed by atoms with Crippen LogP contribution in [0, 0.1) is 18.6 Å². The van der Waals surface area contributed by atoms with Gasteiger partial charge in [-0.25, -0.2) is 22.2 Å². The molecule has 0 fully saturated rings. The van der Waals surface area contributed by atoms with Gasteiger partial charge >= 0.3 is 0 Å². The van der Waals surface area contributed by atoms with E-state index in [-0.39, 0.29) is 62.7 Å². The number of benzene rings is 1. The van der Waals surface area contributed by atoms with Gasteiger partial charge in [-0.15, -0.1) is 10.2 Å². The van der Waals surface area contributed by atoms with Crippen molar-refractivity contribution in [1.82, 2.24) is 19.7 Å². The van der Waals surface area contributed by atoms with E-state index in [4.69, 9.17) is 13.6 Å². The van der Waals surface area contributed by atoms with E-state index in [0.29, 0.717) is 6.07 Å². The fraction of sp³-hybridized carbons (Fsp3) is 0.167. The van der Waals surface area contributed by atoms with Crippen LogP contribution in [0.4, 0.5) is 14.5 Å². The maximum atomic E-state index is 14.4. The average molecular weight is 544 g/mol. The van der Waals surface area contributed by atoms with Crippen LogP contribution in [-0.4, -0.2) is 33.9 Å². The van der Waals surface area contributed by atoms with Crippen molar-refractivity contribution in [2.75, 3.05) is 10.5 Å². The van der Waals surface area contributed by atoms with Gasteiger partial charge in [0.15, 0.2) is 17.3 Å². The van der Waals surface area contributed by atoms with Gasteiger partial charge in [-0.3, -0.25) is 9.52 Å². The Hall–Kier alpha value is -4.59. The van der Waals surface area contributed by atoms with E-state index in [2.05, 4.69) is 19.9 Å². The van der Waals surface area contributed by atoms with E-state index >= 15 is 0 Å². The molecule has 0 aliphatic rings. The number of halogens is 2. The Morgan fingerprint density at radius 1 is 1.11 bits per heavy atom. The topological polar surface area (TPSA) is 142 Å². The monoisotopic (exact) mass is 543 g/mol. The predicted molar refractivity (Wildman–Crippen MR) is 132 cm³/mol. The molecule has 0 radical (unpaired) electrons. The molecule has 1 aromatic carbocycles. The molecule has 0 saturated heterocycles. The molecule has 0 aliphatic carbocycles. The number of nitrogens with zero attached hydrogens (tertiary/aromatic N) is 4. The fourth-order valence-corrected chi connectivity index (χ4v) is 4.26. The number of anilines is 1. The molecule has 14 heteroatoms. The number of hydrogen-bond donors (Lipinski definition) is 1. The van der Waals surface area contributed by atoms with Crippen molar-refractivity contribution < 1.29 is 30.8 Å². The van der Waals surface area contributed by atoms with E-state index in [1.807, 2.05) is 0 Å². The van der Waals surface area contributed by atoms with Crippen LogP contribution in [-0.2, 0) is 17.1 Å². The van der Waals surface area contributed by atoms with Crippen molar-refractivity contribution in [2.24, 2.45) is 7.05 Å². The Bertz CT molecular complexity index is 1860. The minimum absolute atomic E-state index is 0.0409. The van der Waals surface area contributed by atoms with Crippen LogP contribution >= 0.6 is 0 Å². The molecule has 0 saturated carbocycles. The number of aromatic nitrogens is 4. The first-order chi connectivity index (χ1) is 18.0. The van der Waals surface area contributed by atoms with Crippen molar-refractivity contribution in [3.63, 3.8) is 0 Å². The lowest BCUT2D eigenvalue weighted by atomic mass is 10.1. The molecular formula is C24H19F2N5O6S. The Balaban J connectivity index is 1.74. The van der Waals surface area contributed by atoms with Crippen LogP contribution in [0.1, 0.15) is 12.8 Å². The molecule has 0 aliphatic heterocycles. The summed E-state index contributed by atoms with van der Waals surface area (Å²) >= 11 is 0. The molecule has 5 aromatic rings. The minimum atomic E-state index is -3.68. The third-order valence-electron chi connectivity index (χ3n) is 5.48. The highest BCUT2D eigenvalue weighted by molar-refractivity contribution is 7.92. The fourth-order valence-electron chi connectivity index (χ4n) is 3.64. The van der Waals surface area contributed by atoms with Crippen LogP contribution in [0.5, 0.6) is 11.6 Å². The summed E-state index contributed by atoms with van der Waals surface area (Å²) in [6.07, 6.45) is 2.61. The number of aryl methyl sites for hydroxylation is 2. The number of rotatable bonds is 7. The zero-order valence-corrected chi connectivity index (χ0v) is 21.0. The van der Waals surface area contributed by atoms with Crippen LogP contribution < -0.4 is 15.0 Å². The Kier molecular flexibility index (Phi) is 6.18. The van der Waals surface area contributed by atoms with Crippen molar-refractivity contribution in [3.8, 4) is 34.4 Å². The lowest BCUT2D eigenvalue weighted by molar-refractivity contribution is 0.425. The largest absolute Gasteiger partial charge is 0.450 e. The number of sulfonamides is 1. The predicted octanol–water partition coefficient (Wildman–Crippen LogP) is 4.38. The molecule has 0 unspecified atom stereocenters. The normalized spacial score (nSPS) is 11.7. The molecule has 196 valence electrons. The summed E-state index contributed by atoms with van der Waals surface area (Å²) in [6.45, 7) is 3.06. The number of nitrogens with one attached hydrogen (secondary N) is 1. The van der Waals surface area contributed by atoms with Gasteiger partial charge in [-0.2, -0.15) is 0 Å². The van der Waals surface area contributed by atoms with Crippen molar-refractivity contribution in [1.29, 1.82) is 0 Å². The Morgan fingerprint density at radius 3 is 2.58 bits per heavy atom. The highest BCUT2D eigenvalue weighted by atomic mass is 32.2. The minimum Gasteiger partial charge on any atom is -0.450 e. The van der Waals surface area contributed by atoms with Gasteiger partial charge in [0.05, 0.1) is 28.6 Å². The van der Waals surface area contributed by atoms with Crippen LogP contribution in [0.2, 0.25) is 0 Å². The smallest absolute Gasteiger partial charge is 0.283 e. The maximum absolute atomic E-state index is 14.4. The summed E-state index contributed by atoms with van der Waals surface area (Å²) in [6, 6.07) is 5.58. The molecule has 11 nitrogen and oxygen atoms in total. The number of ether oxygens (including phenoxy) is 1. The molecule has 4 aromatic heterocycles. The third kappa shape index (κ3) is 4.72. The van der Waals surface area contributed by atoms with E-state index in [9.17, 15) is 22.0 Å². The molecule has 0 atom stereocenters. The molecule has 1 N–H and O–H groups in total. The summed E-state index contributed by atoms with van der Waals surface area (Å²) in [7, 11) is -2.17. The molecule has 0 amide bonds. The number of pyridine rings is 2. The van der Waals surface area contributed by atoms with Crippen molar-refractivity contribution in [2.45, 2.75) is 13.8 Å². The Morgan fingerprint density at radius 2 is 1.89 bits per heavy atom. The van der Waals surface area contributed by atoms with Crippen molar-refractivity contribution >= 4 is 26.7 Å². The van der Waals surface area contributed by atoms with Gasteiger partial charge < -0.3 is 18.1 Å².